The summed E-state index contributed by atoms with van der Waals surface area (Å²) in [5, 5.41) is 13.8. The molecule has 1 saturated heterocycles. The molecule has 0 spiro atoms. The van der Waals surface area contributed by atoms with Crippen molar-refractivity contribution in [2.24, 2.45) is 4.99 Å². The molecule has 1 atom stereocenters. The number of carbonyl (C=O) groups is 1. The number of ether oxygens (including phenoxy) is 4. The molecule has 3 aromatic carbocycles. The van der Waals surface area contributed by atoms with E-state index >= 15 is 0 Å². The Balaban J connectivity index is 1.15. The summed E-state index contributed by atoms with van der Waals surface area (Å²) in [6.45, 7) is 3.05. The van der Waals surface area contributed by atoms with Crippen molar-refractivity contribution in [3.63, 3.8) is 0 Å². The number of carbonyl (C=O) groups excluding carboxylic acids is 1. The van der Waals surface area contributed by atoms with E-state index in [4.69, 9.17) is 18.9 Å². The zero-order valence-electron chi connectivity index (χ0n) is 25.2. The molecule has 0 saturated carbocycles. The number of aliphatic imine (C=N–C) groups is 1. The maximum Gasteiger partial charge on any atom is 0.269 e. The summed E-state index contributed by atoms with van der Waals surface area (Å²) in [4.78, 5) is 21.6. The van der Waals surface area contributed by atoms with Crippen LogP contribution in [-0.2, 0) is 14.2 Å². The number of hydrogen-bond acceptors (Lipinski definition) is 10. The molecule has 1 amide bonds. The lowest BCUT2D eigenvalue weighted by atomic mass is 9.98. The third-order valence-electron chi connectivity index (χ3n) is 7.80. The van der Waals surface area contributed by atoms with Crippen LogP contribution in [0.15, 0.2) is 107 Å². The number of benzene rings is 3. The van der Waals surface area contributed by atoms with Gasteiger partial charge in [0.1, 0.15) is 36.3 Å². The fourth-order valence-corrected chi connectivity index (χ4v) is 5.57. The highest BCUT2D eigenvalue weighted by atomic mass is 16.5. The molecule has 2 heterocycles. The Morgan fingerprint density at radius 2 is 1.71 bits per heavy atom. The smallest absolute Gasteiger partial charge is 0.269 e. The average Bonchev–Trinajstić information content (AvgIpc) is 3.08. The number of rotatable bonds is 10. The van der Waals surface area contributed by atoms with Crippen molar-refractivity contribution in [2.45, 2.75) is 6.04 Å². The lowest BCUT2D eigenvalue weighted by Gasteiger charge is -2.41. The van der Waals surface area contributed by atoms with Crippen LogP contribution in [0.4, 0.5) is 0 Å². The summed E-state index contributed by atoms with van der Waals surface area (Å²) in [7, 11) is 3.20. The number of nitrogens with zero attached hydrogens (tertiary/aromatic N) is 5. The molecule has 0 radical (unpaired) electrons. The predicted molar refractivity (Wildman–Crippen MR) is 169 cm³/mol. The number of piperazine rings is 1. The Labute approximate surface area is 261 Å². The molecule has 6 rings (SSSR count). The second kappa shape index (κ2) is 13.5. The largest absolute Gasteiger partial charge is 0.493 e. The van der Waals surface area contributed by atoms with E-state index in [2.05, 4.69) is 21.5 Å². The minimum atomic E-state index is -0.322. The van der Waals surface area contributed by atoms with E-state index in [9.17, 15) is 10.1 Å². The number of hydrogen-bond donors (Lipinski definition) is 1. The van der Waals surface area contributed by atoms with Crippen LogP contribution in [0.2, 0.25) is 0 Å². The Hall–Kier alpha value is -5.31. The van der Waals surface area contributed by atoms with Gasteiger partial charge in [-0.3, -0.25) is 15.2 Å². The summed E-state index contributed by atoms with van der Waals surface area (Å²) in [5.74, 6) is 2.79. The molecule has 2 aliphatic heterocycles. The van der Waals surface area contributed by atoms with Crippen LogP contribution < -0.4 is 10.2 Å². The van der Waals surface area contributed by atoms with Gasteiger partial charge in [0.25, 0.3) is 5.91 Å². The summed E-state index contributed by atoms with van der Waals surface area (Å²) in [6, 6.07) is 20.8. The number of methoxy groups -OCH3 is 2. The number of nitriles is 1. The van der Waals surface area contributed by atoms with Gasteiger partial charge in [-0.05, 0) is 35.7 Å². The number of fused-ring (bicyclic) bond motifs is 2. The topological polar surface area (TPSA) is 112 Å². The van der Waals surface area contributed by atoms with Crippen molar-refractivity contribution in [1.29, 1.82) is 5.26 Å². The van der Waals surface area contributed by atoms with E-state index < -0.39 is 0 Å². The Morgan fingerprint density at radius 3 is 2.51 bits per heavy atom. The quantitative estimate of drug-likeness (QED) is 0.265. The number of para-hydroxylation sites is 1. The van der Waals surface area contributed by atoms with Crippen LogP contribution in [0, 0.1) is 11.5 Å². The molecule has 3 aromatic rings. The molecule has 1 aliphatic carbocycles. The van der Waals surface area contributed by atoms with Gasteiger partial charge in [0.05, 0.1) is 19.3 Å². The van der Waals surface area contributed by atoms with Crippen LogP contribution in [0.5, 0.6) is 11.5 Å². The van der Waals surface area contributed by atoms with Gasteiger partial charge in [0.15, 0.2) is 17.7 Å². The second-order valence-corrected chi connectivity index (χ2v) is 10.5. The van der Waals surface area contributed by atoms with Crippen molar-refractivity contribution < 1.29 is 23.7 Å². The van der Waals surface area contributed by atoms with Crippen molar-refractivity contribution in [3.05, 3.63) is 107 Å². The van der Waals surface area contributed by atoms with Crippen molar-refractivity contribution in [2.75, 3.05) is 53.6 Å². The highest BCUT2D eigenvalue weighted by Crippen LogP contribution is 2.34. The van der Waals surface area contributed by atoms with Gasteiger partial charge < -0.3 is 23.8 Å². The molecule has 1 unspecified atom stereocenters. The number of hydrazine groups is 1. The van der Waals surface area contributed by atoms with E-state index in [-0.39, 0.29) is 11.9 Å². The molecule has 1 N–H and O–H groups in total. The van der Waals surface area contributed by atoms with Gasteiger partial charge in [-0.1, -0.05) is 48.5 Å². The number of amides is 1. The van der Waals surface area contributed by atoms with E-state index in [0.29, 0.717) is 68.0 Å². The van der Waals surface area contributed by atoms with Crippen molar-refractivity contribution in [1.82, 2.24) is 20.2 Å². The normalized spacial score (nSPS) is 18.1. The molecule has 230 valence electrons. The Morgan fingerprint density at radius 1 is 0.956 bits per heavy atom. The van der Waals surface area contributed by atoms with Crippen LogP contribution in [0.25, 0.3) is 10.8 Å². The lowest BCUT2D eigenvalue weighted by Crippen LogP contribution is -2.55. The molecule has 45 heavy (non-hydrogen) atoms. The fraction of sp³-hybridized carbons (Fsp3) is 0.265. The Bertz CT molecular complexity index is 1730. The molecule has 3 aliphatic rings. The predicted octanol–water partition coefficient (Wildman–Crippen LogP) is 4.39. The molecular formula is C34H34N6O5. The van der Waals surface area contributed by atoms with Gasteiger partial charge in [-0.2, -0.15) is 5.26 Å². The summed E-state index contributed by atoms with van der Waals surface area (Å²) in [5.41, 5.74) is 4.33. The maximum atomic E-state index is 13.5. The fourth-order valence-electron chi connectivity index (χ4n) is 5.57. The number of nitrogens with one attached hydrogen (secondary N) is 1. The molecule has 1 fully saturated rings. The zero-order valence-corrected chi connectivity index (χ0v) is 25.2. The molecular weight excluding hydrogens is 572 g/mol. The average molecular weight is 607 g/mol. The molecule has 0 bridgehead atoms. The summed E-state index contributed by atoms with van der Waals surface area (Å²) in [6.07, 6.45) is 7.53. The maximum absolute atomic E-state index is 13.5. The minimum absolute atomic E-state index is 0.254. The monoisotopic (exact) mass is 606 g/mol. The van der Waals surface area contributed by atoms with Gasteiger partial charge in [0, 0.05) is 44.2 Å². The first-order valence-electron chi connectivity index (χ1n) is 14.7. The van der Waals surface area contributed by atoms with Crippen LogP contribution in [0.3, 0.4) is 0 Å². The first kappa shape index (κ1) is 29.7. The summed E-state index contributed by atoms with van der Waals surface area (Å²) < 4.78 is 22.8. The van der Waals surface area contributed by atoms with Crippen molar-refractivity contribution >= 4 is 23.0 Å². The first-order chi connectivity index (χ1) is 22.1. The molecule has 11 heteroatoms. The second-order valence-electron chi connectivity index (χ2n) is 10.5. The highest BCUT2D eigenvalue weighted by molar-refractivity contribution is 5.97. The standard InChI is InChI=1S/C34H34N6O5/c1-42-18-19-44-32-21-28-27(20-31(32)43-2)34(39(22-35)23-36-28)38-14-16-40(17-15-38)37-33(41)26-11-5-6-12-30(26)45-29-13-7-9-24-8-3-4-10-25(24)29/h3-13,20-21,23,28H,14-19H2,1-2H3,(H,37,41). The van der Waals surface area contributed by atoms with Crippen LogP contribution in [-0.4, -0.2) is 86.7 Å². The highest BCUT2D eigenvalue weighted by Gasteiger charge is 2.33. The van der Waals surface area contributed by atoms with Gasteiger partial charge in [-0.15, -0.1) is 0 Å². The van der Waals surface area contributed by atoms with E-state index in [1.807, 2.05) is 71.8 Å². The van der Waals surface area contributed by atoms with Crippen LogP contribution >= 0.6 is 0 Å². The van der Waals surface area contributed by atoms with E-state index in [1.54, 1.807) is 32.7 Å². The SMILES string of the molecule is COCCOC1=CC2N=CN(C#N)C(N3CCN(NC(=O)c4ccccc4Oc4cccc5ccccc45)CC3)=C2C=C1OC. The van der Waals surface area contributed by atoms with E-state index in [0.717, 1.165) is 22.2 Å². The molecule has 11 nitrogen and oxygen atoms in total. The van der Waals surface area contributed by atoms with Crippen LogP contribution in [0.1, 0.15) is 10.4 Å². The third kappa shape index (κ3) is 6.33. The first-order valence-corrected chi connectivity index (χ1v) is 14.7. The van der Waals surface area contributed by atoms with Crippen molar-refractivity contribution in [3.8, 4) is 17.7 Å². The van der Waals surface area contributed by atoms with Gasteiger partial charge in [-0.25, -0.2) is 9.91 Å². The van der Waals surface area contributed by atoms with E-state index in [1.165, 1.54) is 4.90 Å². The minimum Gasteiger partial charge on any atom is -0.493 e. The van der Waals surface area contributed by atoms with Gasteiger partial charge >= 0.3 is 0 Å². The third-order valence-corrected chi connectivity index (χ3v) is 7.80. The Kier molecular flexibility index (Phi) is 8.96. The lowest BCUT2D eigenvalue weighted by molar-refractivity contribution is 0.0646. The van der Waals surface area contributed by atoms with Gasteiger partial charge in [0.2, 0.25) is 0 Å². The summed E-state index contributed by atoms with van der Waals surface area (Å²) >= 11 is 0. The zero-order chi connectivity index (χ0) is 31.2. The molecule has 0 aromatic heterocycles.